The molecule has 1 saturated carbocycles. The fourth-order valence-electron chi connectivity index (χ4n) is 4.19. The van der Waals surface area contributed by atoms with E-state index in [1.54, 1.807) is 6.07 Å². The van der Waals surface area contributed by atoms with Crippen molar-refractivity contribution < 1.29 is 4.39 Å². The molecule has 2 aliphatic carbocycles. The average Bonchev–Trinajstić information content (AvgIpc) is 2.59. The van der Waals surface area contributed by atoms with Gasteiger partial charge in [0.2, 0.25) is 0 Å². The van der Waals surface area contributed by atoms with Gasteiger partial charge in [-0.25, -0.2) is 4.39 Å². The van der Waals surface area contributed by atoms with Gasteiger partial charge in [0.25, 0.3) is 0 Å². The maximum atomic E-state index is 13.6. The van der Waals surface area contributed by atoms with Crippen LogP contribution in [0.25, 0.3) is 5.57 Å². The van der Waals surface area contributed by atoms with E-state index in [9.17, 15) is 4.39 Å². The molecule has 0 aliphatic heterocycles. The molecule has 0 aromatic heterocycles. The minimum absolute atomic E-state index is 0.191. The molecule has 0 heterocycles. The molecule has 0 radical (unpaired) electrons. The maximum absolute atomic E-state index is 13.6. The summed E-state index contributed by atoms with van der Waals surface area (Å²) in [7, 11) is 0. The summed E-state index contributed by atoms with van der Waals surface area (Å²) in [5, 5.41) is 0.191. The summed E-state index contributed by atoms with van der Waals surface area (Å²) in [6.45, 7) is 2.29. The van der Waals surface area contributed by atoms with E-state index in [2.05, 4.69) is 25.2 Å². The third-order valence-corrected chi connectivity index (χ3v) is 5.89. The molecule has 124 valence electrons. The molecule has 0 bridgehead atoms. The van der Waals surface area contributed by atoms with E-state index in [4.69, 9.17) is 11.6 Å². The van der Waals surface area contributed by atoms with E-state index in [0.717, 1.165) is 29.4 Å². The summed E-state index contributed by atoms with van der Waals surface area (Å²) in [6.07, 6.45) is 16.2. The summed E-state index contributed by atoms with van der Waals surface area (Å²) in [5.74, 6) is 2.12. The number of allylic oxidation sites excluding steroid dienone is 4. The lowest BCUT2D eigenvalue weighted by molar-refractivity contribution is 0.221. The number of rotatable bonds is 4. The first-order valence-electron chi connectivity index (χ1n) is 9.01. The van der Waals surface area contributed by atoms with E-state index >= 15 is 0 Å². The van der Waals surface area contributed by atoms with Gasteiger partial charge in [0, 0.05) is 0 Å². The topological polar surface area (TPSA) is 0 Å². The Morgan fingerprint density at radius 2 is 1.96 bits per heavy atom. The molecule has 0 nitrogen and oxygen atoms in total. The van der Waals surface area contributed by atoms with Crippen LogP contribution in [0.4, 0.5) is 4.39 Å². The van der Waals surface area contributed by atoms with Crippen LogP contribution >= 0.6 is 11.6 Å². The maximum Gasteiger partial charge on any atom is 0.142 e. The standard InChI is InChI=1S/C21H26ClF/c1-2-3-15-4-6-16(7-5-15)17-8-10-18(11-9-17)19-12-13-20(22)21(23)14-19/h8,10-17H,2-7,9H2,1H3. The van der Waals surface area contributed by atoms with Gasteiger partial charge in [0.05, 0.1) is 5.02 Å². The van der Waals surface area contributed by atoms with Crippen molar-refractivity contribution in [2.24, 2.45) is 17.8 Å². The second kappa shape index (κ2) is 7.66. The number of halogens is 2. The van der Waals surface area contributed by atoms with Crippen LogP contribution in [0.15, 0.2) is 36.4 Å². The van der Waals surface area contributed by atoms with Crippen molar-refractivity contribution in [2.75, 3.05) is 0 Å². The van der Waals surface area contributed by atoms with Crippen LogP contribution in [0, 0.1) is 23.6 Å². The molecular weight excluding hydrogens is 307 g/mol. The normalized spacial score (nSPS) is 27.8. The highest BCUT2D eigenvalue weighted by Crippen LogP contribution is 2.39. The van der Waals surface area contributed by atoms with Gasteiger partial charge in [0.15, 0.2) is 0 Å². The molecule has 1 aromatic rings. The number of hydrogen-bond donors (Lipinski definition) is 0. The predicted octanol–water partition coefficient (Wildman–Crippen LogP) is 7.05. The van der Waals surface area contributed by atoms with Crippen molar-refractivity contribution in [3.05, 3.63) is 52.8 Å². The fourth-order valence-corrected chi connectivity index (χ4v) is 4.31. The zero-order valence-electron chi connectivity index (χ0n) is 13.9. The first-order chi connectivity index (χ1) is 11.2. The Morgan fingerprint density at radius 1 is 1.17 bits per heavy atom. The minimum atomic E-state index is -0.338. The molecule has 0 saturated heterocycles. The summed E-state index contributed by atoms with van der Waals surface area (Å²) < 4.78 is 13.6. The van der Waals surface area contributed by atoms with Gasteiger partial charge < -0.3 is 0 Å². The van der Waals surface area contributed by atoms with Gasteiger partial charge >= 0.3 is 0 Å². The summed E-state index contributed by atoms with van der Waals surface area (Å²) in [4.78, 5) is 0. The zero-order chi connectivity index (χ0) is 16.2. The highest BCUT2D eigenvalue weighted by Gasteiger charge is 2.26. The van der Waals surface area contributed by atoms with E-state index in [0.29, 0.717) is 5.92 Å². The van der Waals surface area contributed by atoms with Crippen molar-refractivity contribution in [1.82, 2.24) is 0 Å². The van der Waals surface area contributed by atoms with Crippen LogP contribution in [-0.4, -0.2) is 0 Å². The van der Waals surface area contributed by atoms with Gasteiger partial charge in [0.1, 0.15) is 5.82 Å². The first-order valence-corrected chi connectivity index (χ1v) is 9.39. The summed E-state index contributed by atoms with van der Waals surface area (Å²) in [6, 6.07) is 5.08. The third-order valence-electron chi connectivity index (χ3n) is 5.58. The van der Waals surface area contributed by atoms with Crippen LogP contribution < -0.4 is 0 Å². The first kappa shape index (κ1) is 16.8. The second-order valence-corrected chi connectivity index (χ2v) is 7.52. The smallest absolute Gasteiger partial charge is 0.142 e. The third kappa shape index (κ3) is 4.07. The van der Waals surface area contributed by atoms with Crippen LogP contribution in [0.3, 0.4) is 0 Å². The summed E-state index contributed by atoms with van der Waals surface area (Å²) >= 11 is 5.77. The molecule has 0 N–H and O–H groups in total. The number of hydrogen-bond acceptors (Lipinski definition) is 0. The highest BCUT2D eigenvalue weighted by atomic mass is 35.5. The minimum Gasteiger partial charge on any atom is -0.205 e. The van der Waals surface area contributed by atoms with E-state index in [-0.39, 0.29) is 10.8 Å². The lowest BCUT2D eigenvalue weighted by Crippen LogP contribution is -2.21. The van der Waals surface area contributed by atoms with Crippen molar-refractivity contribution >= 4 is 17.2 Å². The Kier molecular flexibility index (Phi) is 5.58. The predicted molar refractivity (Wildman–Crippen MR) is 97.0 cm³/mol. The number of benzene rings is 1. The molecule has 0 spiro atoms. The van der Waals surface area contributed by atoms with Crippen LogP contribution in [0.5, 0.6) is 0 Å². The van der Waals surface area contributed by atoms with Crippen molar-refractivity contribution in [1.29, 1.82) is 0 Å². The molecule has 1 fully saturated rings. The Bertz CT molecular complexity index is 594. The van der Waals surface area contributed by atoms with Crippen LogP contribution in [0.2, 0.25) is 5.02 Å². The molecule has 1 unspecified atom stereocenters. The van der Waals surface area contributed by atoms with E-state index in [1.807, 2.05) is 6.07 Å². The Morgan fingerprint density at radius 3 is 2.57 bits per heavy atom. The Hall–Kier alpha value is -1.08. The van der Waals surface area contributed by atoms with Crippen molar-refractivity contribution in [3.63, 3.8) is 0 Å². The second-order valence-electron chi connectivity index (χ2n) is 7.12. The average molecular weight is 333 g/mol. The van der Waals surface area contributed by atoms with Crippen molar-refractivity contribution in [3.8, 4) is 0 Å². The molecule has 0 amide bonds. The summed E-state index contributed by atoms with van der Waals surface area (Å²) in [5.41, 5.74) is 2.05. The SMILES string of the molecule is CCCC1CCC(C2C=CC(c3ccc(Cl)c(F)c3)=CC2)CC1. The zero-order valence-corrected chi connectivity index (χ0v) is 14.7. The molecule has 1 atom stereocenters. The van der Waals surface area contributed by atoms with Gasteiger partial charge in [-0.15, -0.1) is 0 Å². The fraction of sp³-hybridized carbons (Fsp3) is 0.524. The molecule has 2 heteroatoms. The van der Waals surface area contributed by atoms with Gasteiger partial charge in [-0.05, 0) is 60.3 Å². The Balaban J connectivity index is 1.59. The molecular formula is C21H26ClF. The van der Waals surface area contributed by atoms with Crippen LogP contribution in [0.1, 0.15) is 57.4 Å². The van der Waals surface area contributed by atoms with Gasteiger partial charge in [-0.3, -0.25) is 0 Å². The van der Waals surface area contributed by atoms with E-state index in [1.165, 1.54) is 44.6 Å². The monoisotopic (exact) mass is 332 g/mol. The molecule has 3 rings (SSSR count). The largest absolute Gasteiger partial charge is 0.205 e. The lowest BCUT2D eigenvalue weighted by Gasteiger charge is -2.33. The lowest BCUT2D eigenvalue weighted by atomic mass is 9.72. The van der Waals surface area contributed by atoms with Crippen LogP contribution in [-0.2, 0) is 0 Å². The molecule has 23 heavy (non-hydrogen) atoms. The quantitative estimate of drug-likeness (QED) is 0.554. The van der Waals surface area contributed by atoms with Crippen molar-refractivity contribution in [2.45, 2.75) is 51.9 Å². The Labute approximate surface area is 144 Å². The van der Waals surface area contributed by atoms with Gasteiger partial charge in [-0.1, -0.05) is 68.5 Å². The highest BCUT2D eigenvalue weighted by molar-refractivity contribution is 6.30. The molecule has 2 aliphatic rings. The molecule has 1 aromatic carbocycles. The van der Waals surface area contributed by atoms with Gasteiger partial charge in [-0.2, -0.15) is 0 Å². The van der Waals surface area contributed by atoms with E-state index < -0.39 is 0 Å².